The third kappa shape index (κ3) is 4.42. The molecule has 1 aromatic carbocycles. The van der Waals surface area contributed by atoms with Crippen LogP contribution in [0.25, 0.3) is 0 Å². The molecule has 0 unspecified atom stereocenters. The maximum Gasteiger partial charge on any atom is 0.251 e. The predicted octanol–water partition coefficient (Wildman–Crippen LogP) is 1.72. The van der Waals surface area contributed by atoms with Crippen LogP contribution in [0.1, 0.15) is 27.4 Å². The van der Waals surface area contributed by atoms with Gasteiger partial charge in [-0.25, -0.2) is 0 Å². The SMILES string of the molecule is CNC(=O)c1ccc(NC(=O)CN(C)Cc2c(C)noc2C)cc1. The first-order valence-corrected chi connectivity index (χ1v) is 7.63. The fraction of sp³-hybridized carbons (Fsp3) is 0.353. The molecule has 0 radical (unpaired) electrons. The molecule has 2 aromatic rings. The number of aryl methyl sites for hydroxylation is 2. The number of nitrogens with zero attached hydrogens (tertiary/aromatic N) is 2. The van der Waals surface area contributed by atoms with Gasteiger partial charge in [0.05, 0.1) is 12.2 Å². The molecule has 2 amide bonds. The molecule has 0 aliphatic rings. The molecule has 7 heteroatoms. The first-order valence-electron chi connectivity index (χ1n) is 7.63. The van der Waals surface area contributed by atoms with Gasteiger partial charge >= 0.3 is 0 Å². The minimum Gasteiger partial charge on any atom is -0.361 e. The van der Waals surface area contributed by atoms with Gasteiger partial charge in [0.25, 0.3) is 5.91 Å². The lowest BCUT2D eigenvalue weighted by Gasteiger charge is -2.16. The lowest BCUT2D eigenvalue weighted by molar-refractivity contribution is -0.117. The molecule has 1 aromatic heterocycles. The summed E-state index contributed by atoms with van der Waals surface area (Å²) in [5.41, 5.74) is 3.04. The van der Waals surface area contributed by atoms with Crippen LogP contribution in [0.15, 0.2) is 28.8 Å². The lowest BCUT2D eigenvalue weighted by atomic mass is 10.2. The maximum atomic E-state index is 12.1. The molecule has 0 atom stereocenters. The summed E-state index contributed by atoms with van der Waals surface area (Å²) in [6.45, 7) is 4.57. The summed E-state index contributed by atoms with van der Waals surface area (Å²) in [5.74, 6) is 0.480. The molecular formula is C17H22N4O3. The normalized spacial score (nSPS) is 10.7. The Labute approximate surface area is 141 Å². The summed E-state index contributed by atoms with van der Waals surface area (Å²) in [5, 5.41) is 9.28. The van der Waals surface area contributed by atoms with Gasteiger partial charge in [0, 0.05) is 30.4 Å². The minimum atomic E-state index is -0.160. The van der Waals surface area contributed by atoms with Crippen molar-refractivity contribution < 1.29 is 14.1 Å². The van der Waals surface area contributed by atoms with E-state index in [0.717, 1.165) is 17.0 Å². The van der Waals surface area contributed by atoms with Crippen molar-refractivity contribution in [2.75, 3.05) is 26.0 Å². The Morgan fingerprint density at radius 3 is 2.42 bits per heavy atom. The summed E-state index contributed by atoms with van der Waals surface area (Å²) >= 11 is 0. The van der Waals surface area contributed by atoms with Crippen LogP contribution in [0.2, 0.25) is 0 Å². The molecule has 1 heterocycles. The Balaban J connectivity index is 1.89. The second kappa shape index (κ2) is 7.74. The van der Waals surface area contributed by atoms with Gasteiger partial charge in [-0.3, -0.25) is 14.5 Å². The molecule has 7 nitrogen and oxygen atoms in total. The van der Waals surface area contributed by atoms with E-state index in [2.05, 4.69) is 15.8 Å². The third-order valence-electron chi connectivity index (χ3n) is 3.68. The zero-order valence-corrected chi connectivity index (χ0v) is 14.3. The highest BCUT2D eigenvalue weighted by atomic mass is 16.5. The summed E-state index contributed by atoms with van der Waals surface area (Å²) < 4.78 is 5.13. The fourth-order valence-electron chi connectivity index (χ4n) is 2.35. The summed E-state index contributed by atoms with van der Waals surface area (Å²) in [6.07, 6.45) is 0. The number of rotatable bonds is 6. The van der Waals surface area contributed by atoms with Gasteiger partial charge in [-0.15, -0.1) is 0 Å². The molecule has 0 spiro atoms. The van der Waals surface area contributed by atoms with Crippen LogP contribution < -0.4 is 10.6 Å². The third-order valence-corrected chi connectivity index (χ3v) is 3.68. The Morgan fingerprint density at radius 1 is 1.21 bits per heavy atom. The molecular weight excluding hydrogens is 308 g/mol. The molecule has 24 heavy (non-hydrogen) atoms. The summed E-state index contributed by atoms with van der Waals surface area (Å²) in [6, 6.07) is 6.75. The van der Waals surface area contributed by atoms with Crippen molar-refractivity contribution in [3.05, 3.63) is 46.8 Å². The molecule has 2 rings (SSSR count). The van der Waals surface area contributed by atoms with E-state index in [9.17, 15) is 9.59 Å². The van der Waals surface area contributed by atoms with Crippen molar-refractivity contribution >= 4 is 17.5 Å². The van der Waals surface area contributed by atoms with E-state index in [-0.39, 0.29) is 18.4 Å². The van der Waals surface area contributed by atoms with E-state index in [1.807, 2.05) is 25.8 Å². The van der Waals surface area contributed by atoms with Crippen LogP contribution in [0, 0.1) is 13.8 Å². The number of hydrogen-bond acceptors (Lipinski definition) is 5. The van der Waals surface area contributed by atoms with E-state index >= 15 is 0 Å². The van der Waals surface area contributed by atoms with Gasteiger partial charge in [0.15, 0.2) is 0 Å². The number of carbonyl (C=O) groups is 2. The molecule has 0 aliphatic heterocycles. The second-order valence-electron chi connectivity index (χ2n) is 5.68. The Morgan fingerprint density at radius 2 is 1.88 bits per heavy atom. The highest BCUT2D eigenvalue weighted by Crippen LogP contribution is 2.14. The quantitative estimate of drug-likeness (QED) is 0.842. The van der Waals surface area contributed by atoms with Gasteiger partial charge in [-0.05, 0) is 45.2 Å². The Bertz CT molecular complexity index is 702. The minimum absolute atomic E-state index is 0.128. The summed E-state index contributed by atoms with van der Waals surface area (Å²) in [7, 11) is 3.44. The number of carbonyl (C=O) groups excluding carboxylic acids is 2. The smallest absolute Gasteiger partial charge is 0.251 e. The Hall–Kier alpha value is -2.67. The van der Waals surface area contributed by atoms with Crippen LogP contribution in [0.4, 0.5) is 5.69 Å². The largest absolute Gasteiger partial charge is 0.361 e. The van der Waals surface area contributed by atoms with Crippen molar-refractivity contribution in [1.29, 1.82) is 0 Å². The van der Waals surface area contributed by atoms with Crippen molar-refractivity contribution in [2.45, 2.75) is 20.4 Å². The number of aromatic nitrogens is 1. The highest BCUT2D eigenvalue weighted by Gasteiger charge is 2.14. The molecule has 0 bridgehead atoms. The molecule has 0 fully saturated rings. The number of amides is 2. The predicted molar refractivity (Wildman–Crippen MR) is 90.8 cm³/mol. The van der Waals surface area contributed by atoms with Crippen LogP contribution >= 0.6 is 0 Å². The molecule has 0 saturated carbocycles. The summed E-state index contributed by atoms with van der Waals surface area (Å²) in [4.78, 5) is 25.5. The van der Waals surface area contributed by atoms with Crippen molar-refractivity contribution in [1.82, 2.24) is 15.4 Å². The highest BCUT2D eigenvalue weighted by molar-refractivity contribution is 5.96. The molecule has 0 saturated heterocycles. The van der Waals surface area contributed by atoms with E-state index in [1.165, 1.54) is 0 Å². The fourth-order valence-corrected chi connectivity index (χ4v) is 2.35. The molecule has 2 N–H and O–H groups in total. The van der Waals surface area contributed by atoms with Gasteiger partial charge in [-0.1, -0.05) is 5.16 Å². The van der Waals surface area contributed by atoms with Crippen LogP contribution in [-0.4, -0.2) is 42.5 Å². The average molecular weight is 330 g/mol. The number of benzene rings is 1. The topological polar surface area (TPSA) is 87.5 Å². The van der Waals surface area contributed by atoms with Crippen LogP contribution in [0.3, 0.4) is 0 Å². The van der Waals surface area contributed by atoms with Crippen molar-refractivity contribution in [3.8, 4) is 0 Å². The van der Waals surface area contributed by atoms with Gasteiger partial charge in [-0.2, -0.15) is 0 Å². The number of likely N-dealkylation sites (N-methyl/N-ethyl adjacent to an activating group) is 1. The van der Waals surface area contributed by atoms with Crippen molar-refractivity contribution in [3.63, 3.8) is 0 Å². The number of anilines is 1. The van der Waals surface area contributed by atoms with E-state index in [4.69, 9.17) is 4.52 Å². The van der Waals surface area contributed by atoms with Gasteiger partial charge in [0.1, 0.15) is 5.76 Å². The number of nitrogens with one attached hydrogen (secondary N) is 2. The lowest BCUT2D eigenvalue weighted by Crippen LogP contribution is -2.30. The van der Waals surface area contributed by atoms with Crippen LogP contribution in [-0.2, 0) is 11.3 Å². The van der Waals surface area contributed by atoms with Gasteiger partial charge in [0.2, 0.25) is 5.91 Å². The first kappa shape index (κ1) is 17.7. The molecule has 128 valence electrons. The monoisotopic (exact) mass is 330 g/mol. The molecule has 0 aliphatic carbocycles. The van der Waals surface area contributed by atoms with E-state index in [1.54, 1.807) is 31.3 Å². The second-order valence-corrected chi connectivity index (χ2v) is 5.68. The van der Waals surface area contributed by atoms with Crippen molar-refractivity contribution in [2.24, 2.45) is 0 Å². The zero-order chi connectivity index (χ0) is 17.7. The van der Waals surface area contributed by atoms with Crippen LogP contribution in [0.5, 0.6) is 0 Å². The number of hydrogen-bond donors (Lipinski definition) is 2. The average Bonchev–Trinajstić information content (AvgIpc) is 2.86. The Kier molecular flexibility index (Phi) is 5.70. The van der Waals surface area contributed by atoms with Gasteiger partial charge < -0.3 is 15.2 Å². The van der Waals surface area contributed by atoms with E-state index in [0.29, 0.717) is 17.8 Å². The maximum absolute atomic E-state index is 12.1. The standard InChI is InChI=1S/C17H22N4O3/c1-11-15(12(2)24-20-11)9-21(4)10-16(22)19-14-7-5-13(6-8-14)17(23)18-3/h5-8H,9-10H2,1-4H3,(H,18,23)(H,19,22). The zero-order valence-electron chi connectivity index (χ0n) is 14.3. The van der Waals surface area contributed by atoms with E-state index < -0.39 is 0 Å². The first-order chi connectivity index (χ1) is 11.4.